The van der Waals surface area contributed by atoms with Crippen LogP contribution < -0.4 is 15.4 Å². The zero-order valence-corrected chi connectivity index (χ0v) is 15.1. The Morgan fingerprint density at radius 3 is 2.75 bits per heavy atom. The van der Waals surface area contributed by atoms with E-state index in [9.17, 15) is 4.79 Å². The highest BCUT2D eigenvalue weighted by molar-refractivity contribution is 5.92. The Morgan fingerprint density at radius 1 is 1.33 bits per heavy atom. The van der Waals surface area contributed by atoms with Gasteiger partial charge in [0.25, 0.3) is 0 Å². The molecule has 0 radical (unpaired) electrons. The first kappa shape index (κ1) is 20.7. The van der Waals surface area contributed by atoms with Gasteiger partial charge in [0.2, 0.25) is 5.91 Å². The van der Waals surface area contributed by atoms with Gasteiger partial charge in [-0.15, -0.1) is 12.4 Å². The van der Waals surface area contributed by atoms with Crippen LogP contribution in [0, 0.1) is 6.92 Å². The lowest BCUT2D eigenvalue weighted by Crippen LogP contribution is -2.30. The average Bonchev–Trinajstić information content (AvgIpc) is 2.55. The maximum Gasteiger partial charge on any atom is 0.238 e. The Hall–Kier alpha value is -1.34. The predicted molar refractivity (Wildman–Crippen MR) is 96.3 cm³/mol. The van der Waals surface area contributed by atoms with Crippen LogP contribution in [0.15, 0.2) is 18.2 Å². The smallest absolute Gasteiger partial charge is 0.238 e. The summed E-state index contributed by atoms with van der Waals surface area (Å²) in [6.07, 6.45) is 2.06. The van der Waals surface area contributed by atoms with E-state index in [1.54, 1.807) is 7.11 Å². The third kappa shape index (κ3) is 7.05. The standard InChI is InChI=1S/C17H26N2O4.ClH/c1-13-11-14(19-17(20)12-18-7-10-21-2)3-4-16(13)23-15-5-8-22-9-6-15;/h3-4,11,15,18H,5-10,12H2,1-2H3,(H,19,20);1H. The first-order valence-electron chi connectivity index (χ1n) is 8.03. The van der Waals surface area contributed by atoms with Crippen LogP contribution in [0.5, 0.6) is 5.75 Å². The van der Waals surface area contributed by atoms with Crippen molar-refractivity contribution in [2.45, 2.75) is 25.9 Å². The number of halogens is 1. The first-order valence-corrected chi connectivity index (χ1v) is 8.03. The van der Waals surface area contributed by atoms with Crippen molar-refractivity contribution in [3.05, 3.63) is 23.8 Å². The van der Waals surface area contributed by atoms with Crippen molar-refractivity contribution in [3.63, 3.8) is 0 Å². The third-order valence-corrected chi connectivity index (χ3v) is 3.69. The maximum atomic E-state index is 11.8. The number of amides is 1. The number of carbonyl (C=O) groups is 1. The molecule has 1 saturated heterocycles. The molecule has 1 aromatic rings. The highest BCUT2D eigenvalue weighted by Crippen LogP contribution is 2.25. The molecule has 0 aliphatic carbocycles. The minimum absolute atomic E-state index is 0. The Morgan fingerprint density at radius 2 is 2.08 bits per heavy atom. The van der Waals surface area contributed by atoms with Crippen molar-refractivity contribution in [1.82, 2.24) is 5.32 Å². The summed E-state index contributed by atoms with van der Waals surface area (Å²) >= 11 is 0. The Bertz CT molecular complexity index is 507. The van der Waals surface area contributed by atoms with Crippen molar-refractivity contribution in [2.24, 2.45) is 0 Å². The zero-order chi connectivity index (χ0) is 16.5. The maximum absolute atomic E-state index is 11.8. The van der Waals surface area contributed by atoms with E-state index in [1.807, 2.05) is 25.1 Å². The molecule has 2 rings (SSSR count). The van der Waals surface area contributed by atoms with Gasteiger partial charge in [0.1, 0.15) is 11.9 Å². The van der Waals surface area contributed by atoms with Crippen LogP contribution in [0.4, 0.5) is 5.69 Å². The van der Waals surface area contributed by atoms with E-state index in [4.69, 9.17) is 14.2 Å². The van der Waals surface area contributed by atoms with Gasteiger partial charge in [-0.05, 0) is 30.7 Å². The summed E-state index contributed by atoms with van der Waals surface area (Å²) in [5.74, 6) is 0.798. The molecule has 7 heteroatoms. The highest BCUT2D eigenvalue weighted by Gasteiger charge is 2.16. The molecule has 0 saturated carbocycles. The molecule has 0 atom stereocenters. The number of anilines is 1. The Labute approximate surface area is 149 Å². The van der Waals surface area contributed by atoms with E-state index < -0.39 is 0 Å². The Kier molecular flexibility index (Phi) is 9.71. The molecule has 2 N–H and O–H groups in total. The molecule has 136 valence electrons. The van der Waals surface area contributed by atoms with Crippen LogP contribution in [0.2, 0.25) is 0 Å². The summed E-state index contributed by atoms with van der Waals surface area (Å²) < 4.78 is 16.3. The molecular weight excluding hydrogens is 332 g/mol. The number of hydrogen-bond donors (Lipinski definition) is 2. The van der Waals surface area contributed by atoms with Crippen molar-refractivity contribution in [2.75, 3.05) is 45.3 Å². The van der Waals surface area contributed by atoms with Crippen LogP contribution in [-0.2, 0) is 14.3 Å². The lowest BCUT2D eigenvalue weighted by atomic mass is 10.1. The molecule has 0 bridgehead atoms. The quantitative estimate of drug-likeness (QED) is 0.697. The van der Waals surface area contributed by atoms with E-state index in [2.05, 4.69) is 10.6 Å². The second-order valence-electron chi connectivity index (χ2n) is 5.63. The second-order valence-corrected chi connectivity index (χ2v) is 5.63. The van der Waals surface area contributed by atoms with E-state index in [0.717, 1.165) is 43.1 Å². The Balaban J connectivity index is 0.00000288. The zero-order valence-electron chi connectivity index (χ0n) is 14.3. The van der Waals surface area contributed by atoms with E-state index >= 15 is 0 Å². The fraction of sp³-hybridized carbons (Fsp3) is 0.588. The number of methoxy groups -OCH3 is 1. The van der Waals surface area contributed by atoms with Crippen LogP contribution >= 0.6 is 12.4 Å². The largest absolute Gasteiger partial charge is 0.490 e. The molecule has 1 aliphatic heterocycles. The fourth-order valence-electron chi connectivity index (χ4n) is 2.41. The molecule has 0 aromatic heterocycles. The normalized spacial score (nSPS) is 14.8. The summed E-state index contributed by atoms with van der Waals surface area (Å²) in [4.78, 5) is 11.8. The summed E-state index contributed by atoms with van der Waals surface area (Å²) in [6, 6.07) is 5.72. The molecular formula is C17H27ClN2O4. The number of carbonyl (C=O) groups excluding carboxylic acids is 1. The number of hydrogen-bond acceptors (Lipinski definition) is 5. The lowest BCUT2D eigenvalue weighted by Gasteiger charge is -2.24. The van der Waals surface area contributed by atoms with Crippen molar-refractivity contribution in [1.29, 1.82) is 0 Å². The van der Waals surface area contributed by atoms with Crippen LogP contribution in [0.1, 0.15) is 18.4 Å². The minimum atomic E-state index is -0.0707. The minimum Gasteiger partial charge on any atom is -0.490 e. The van der Waals surface area contributed by atoms with Crippen LogP contribution in [-0.4, -0.2) is 52.0 Å². The number of nitrogens with one attached hydrogen (secondary N) is 2. The fourth-order valence-corrected chi connectivity index (χ4v) is 2.41. The molecule has 1 amide bonds. The predicted octanol–water partition coefficient (Wildman–Crippen LogP) is 2.15. The van der Waals surface area contributed by atoms with Gasteiger partial charge in [0.15, 0.2) is 0 Å². The molecule has 1 aliphatic rings. The molecule has 6 nitrogen and oxygen atoms in total. The lowest BCUT2D eigenvalue weighted by molar-refractivity contribution is -0.115. The van der Waals surface area contributed by atoms with Gasteiger partial charge in [-0.2, -0.15) is 0 Å². The molecule has 24 heavy (non-hydrogen) atoms. The molecule has 0 unspecified atom stereocenters. The van der Waals surface area contributed by atoms with Gasteiger partial charge < -0.3 is 24.8 Å². The van der Waals surface area contributed by atoms with E-state index in [0.29, 0.717) is 13.2 Å². The van der Waals surface area contributed by atoms with E-state index in [1.165, 1.54) is 0 Å². The first-order chi connectivity index (χ1) is 11.2. The summed E-state index contributed by atoms with van der Waals surface area (Å²) in [5, 5.41) is 5.89. The SMILES string of the molecule is COCCNCC(=O)Nc1ccc(OC2CCOCC2)c(C)c1.Cl. The van der Waals surface area contributed by atoms with Gasteiger partial charge in [-0.1, -0.05) is 0 Å². The summed E-state index contributed by atoms with van der Waals surface area (Å²) in [5.41, 5.74) is 1.79. The highest BCUT2D eigenvalue weighted by atomic mass is 35.5. The van der Waals surface area contributed by atoms with E-state index in [-0.39, 0.29) is 31.0 Å². The van der Waals surface area contributed by atoms with Crippen LogP contribution in [0.25, 0.3) is 0 Å². The summed E-state index contributed by atoms with van der Waals surface area (Å²) in [6.45, 7) is 5.01. The molecule has 1 aromatic carbocycles. The van der Waals surface area contributed by atoms with Crippen LogP contribution in [0.3, 0.4) is 0 Å². The van der Waals surface area contributed by atoms with Crippen molar-refractivity contribution in [3.8, 4) is 5.75 Å². The number of benzene rings is 1. The molecule has 0 spiro atoms. The number of aryl methyl sites for hydroxylation is 1. The van der Waals surface area contributed by atoms with Gasteiger partial charge in [-0.3, -0.25) is 4.79 Å². The summed E-state index contributed by atoms with van der Waals surface area (Å²) in [7, 11) is 1.63. The third-order valence-electron chi connectivity index (χ3n) is 3.69. The van der Waals surface area contributed by atoms with Crippen molar-refractivity contribution < 1.29 is 19.0 Å². The number of rotatable bonds is 8. The monoisotopic (exact) mass is 358 g/mol. The van der Waals surface area contributed by atoms with Crippen molar-refractivity contribution >= 4 is 24.0 Å². The number of ether oxygens (including phenoxy) is 3. The second kappa shape index (κ2) is 11.3. The topological polar surface area (TPSA) is 68.8 Å². The molecule has 1 fully saturated rings. The van der Waals surface area contributed by atoms with Gasteiger partial charge in [0.05, 0.1) is 26.4 Å². The molecule has 1 heterocycles. The van der Waals surface area contributed by atoms with Gasteiger partial charge in [0, 0.05) is 32.2 Å². The average molecular weight is 359 g/mol. The van der Waals surface area contributed by atoms with Gasteiger partial charge in [-0.25, -0.2) is 0 Å². The van der Waals surface area contributed by atoms with Gasteiger partial charge >= 0.3 is 0 Å².